The average molecular weight is 388 g/mol. The molecule has 29 heavy (non-hydrogen) atoms. The molecule has 4 rings (SSSR count). The lowest BCUT2D eigenvalue weighted by molar-refractivity contribution is -0.119. The molecule has 0 bridgehead atoms. The second-order valence-corrected chi connectivity index (χ2v) is 7.13. The van der Waals surface area contributed by atoms with Gasteiger partial charge in [0.1, 0.15) is 12.6 Å². The van der Waals surface area contributed by atoms with E-state index in [1.165, 1.54) is 5.56 Å². The van der Waals surface area contributed by atoms with Crippen LogP contribution in [0, 0.1) is 6.92 Å². The van der Waals surface area contributed by atoms with E-state index in [-0.39, 0.29) is 18.5 Å². The molecular weight excluding hydrogens is 364 g/mol. The second kappa shape index (κ2) is 8.26. The maximum absolute atomic E-state index is 12.5. The lowest BCUT2D eigenvalue weighted by Crippen LogP contribution is -2.40. The van der Waals surface area contributed by atoms with E-state index in [9.17, 15) is 4.79 Å². The quantitative estimate of drug-likeness (QED) is 0.703. The van der Waals surface area contributed by atoms with E-state index in [4.69, 9.17) is 0 Å². The monoisotopic (exact) mass is 388 g/mol. The molecule has 1 amide bonds. The number of tetrazole rings is 1. The molecule has 7 heteroatoms. The van der Waals surface area contributed by atoms with Crippen molar-refractivity contribution in [1.29, 1.82) is 0 Å². The van der Waals surface area contributed by atoms with Crippen LogP contribution in [0.25, 0.3) is 5.70 Å². The van der Waals surface area contributed by atoms with Gasteiger partial charge in [-0.3, -0.25) is 9.69 Å². The van der Waals surface area contributed by atoms with Crippen molar-refractivity contribution in [1.82, 2.24) is 25.5 Å². The van der Waals surface area contributed by atoms with Crippen LogP contribution in [0.1, 0.15) is 36.1 Å². The molecule has 1 atom stereocenters. The Balaban J connectivity index is 1.78. The molecule has 1 N–H and O–H groups in total. The smallest absolute Gasteiger partial charge is 0.251 e. The average Bonchev–Trinajstić information content (AvgIpc) is 3.24. The number of nitrogens with zero attached hydrogens (tertiary/aromatic N) is 5. The Kier molecular flexibility index (Phi) is 5.37. The van der Waals surface area contributed by atoms with Crippen molar-refractivity contribution in [2.24, 2.45) is 0 Å². The van der Waals surface area contributed by atoms with Crippen LogP contribution in [-0.4, -0.2) is 39.2 Å². The molecule has 0 saturated carbocycles. The fourth-order valence-electron chi connectivity index (χ4n) is 3.45. The van der Waals surface area contributed by atoms with Gasteiger partial charge in [-0.1, -0.05) is 72.2 Å². The van der Waals surface area contributed by atoms with Crippen molar-refractivity contribution in [2.75, 3.05) is 18.0 Å². The molecule has 0 saturated heterocycles. The van der Waals surface area contributed by atoms with Gasteiger partial charge in [0.25, 0.3) is 5.95 Å². The fraction of sp³-hybridized carbons (Fsp3) is 0.273. The topological polar surface area (TPSA) is 75.9 Å². The predicted octanol–water partition coefficient (Wildman–Crippen LogP) is 2.96. The van der Waals surface area contributed by atoms with E-state index in [2.05, 4.69) is 58.1 Å². The van der Waals surface area contributed by atoms with Crippen LogP contribution in [0.2, 0.25) is 0 Å². The first-order valence-electron chi connectivity index (χ1n) is 9.83. The Labute approximate surface area is 170 Å². The molecule has 1 aliphatic rings. The lowest BCUT2D eigenvalue weighted by atomic mass is 10.00. The number of aryl methyl sites for hydroxylation is 1. The summed E-state index contributed by atoms with van der Waals surface area (Å²) in [5.41, 5.74) is 4.22. The third kappa shape index (κ3) is 3.89. The highest BCUT2D eigenvalue weighted by Gasteiger charge is 2.31. The minimum atomic E-state index is -0.147. The van der Waals surface area contributed by atoms with E-state index in [0.29, 0.717) is 12.5 Å². The van der Waals surface area contributed by atoms with Gasteiger partial charge in [0.2, 0.25) is 5.91 Å². The number of hydrogen-bond donors (Lipinski definition) is 1. The first-order valence-corrected chi connectivity index (χ1v) is 9.83. The van der Waals surface area contributed by atoms with Crippen LogP contribution in [0.3, 0.4) is 0 Å². The largest absolute Gasteiger partial charge is 0.355 e. The Morgan fingerprint density at radius 1 is 1.10 bits per heavy atom. The molecule has 1 aromatic heterocycles. The molecule has 0 spiro atoms. The van der Waals surface area contributed by atoms with E-state index in [0.717, 1.165) is 23.2 Å². The number of hydrogen-bond acceptors (Lipinski definition) is 5. The van der Waals surface area contributed by atoms with Crippen molar-refractivity contribution in [3.63, 3.8) is 0 Å². The summed E-state index contributed by atoms with van der Waals surface area (Å²) in [6, 6.07) is 18.2. The van der Waals surface area contributed by atoms with E-state index >= 15 is 0 Å². The molecule has 0 radical (unpaired) electrons. The zero-order valence-corrected chi connectivity index (χ0v) is 16.6. The predicted molar refractivity (Wildman–Crippen MR) is 112 cm³/mol. The van der Waals surface area contributed by atoms with Crippen molar-refractivity contribution in [3.8, 4) is 0 Å². The van der Waals surface area contributed by atoms with Gasteiger partial charge in [0, 0.05) is 6.54 Å². The molecule has 0 fully saturated rings. The van der Waals surface area contributed by atoms with E-state index in [1.54, 1.807) is 4.68 Å². The van der Waals surface area contributed by atoms with Crippen LogP contribution in [0.15, 0.2) is 60.7 Å². The third-order valence-corrected chi connectivity index (χ3v) is 4.95. The number of carbonyl (C=O) groups excluding carboxylic acids is 1. The zero-order chi connectivity index (χ0) is 20.2. The standard InChI is InChI=1S/C22H24N6O/c1-3-13-23-21(29)15-27-19(17-7-5-4-6-8-17)14-20(28-22(27)24-25-26-28)18-11-9-16(2)10-12-18/h4-12,14,20H,3,13,15H2,1-2H3,(H,23,29)/t20-/m0/s1. The SMILES string of the molecule is CCCNC(=O)CN1C(c2ccccc2)=C[C@@H](c2ccc(C)cc2)n2nnnc21. The second-order valence-electron chi connectivity index (χ2n) is 7.13. The Morgan fingerprint density at radius 3 is 2.59 bits per heavy atom. The van der Waals surface area contributed by atoms with Gasteiger partial charge in [-0.2, -0.15) is 4.68 Å². The third-order valence-electron chi connectivity index (χ3n) is 4.95. The van der Waals surface area contributed by atoms with Gasteiger partial charge in [-0.25, -0.2) is 0 Å². The van der Waals surface area contributed by atoms with Gasteiger partial charge >= 0.3 is 0 Å². The molecule has 148 valence electrons. The van der Waals surface area contributed by atoms with Crippen LogP contribution in [0.4, 0.5) is 5.95 Å². The summed E-state index contributed by atoms with van der Waals surface area (Å²) < 4.78 is 1.77. The molecule has 0 unspecified atom stereocenters. The van der Waals surface area contributed by atoms with E-state index in [1.807, 2.05) is 42.2 Å². The van der Waals surface area contributed by atoms with Gasteiger partial charge in [0.05, 0.1) is 5.70 Å². The first kappa shape index (κ1) is 18.9. The molecular formula is C22H24N6O. The summed E-state index contributed by atoms with van der Waals surface area (Å²) in [7, 11) is 0. The normalized spacial score (nSPS) is 15.6. The van der Waals surface area contributed by atoms with Gasteiger partial charge in [-0.05, 0) is 41.0 Å². The van der Waals surface area contributed by atoms with Gasteiger partial charge in [-0.15, -0.1) is 0 Å². The summed E-state index contributed by atoms with van der Waals surface area (Å²) in [5, 5.41) is 15.3. The van der Waals surface area contributed by atoms with Crippen LogP contribution >= 0.6 is 0 Å². The van der Waals surface area contributed by atoms with Crippen LogP contribution in [-0.2, 0) is 4.79 Å². The molecule has 7 nitrogen and oxygen atoms in total. The number of amides is 1. The molecule has 1 aliphatic heterocycles. The summed E-state index contributed by atoms with van der Waals surface area (Å²) in [4.78, 5) is 14.4. The number of fused-ring (bicyclic) bond motifs is 1. The van der Waals surface area contributed by atoms with Gasteiger partial charge < -0.3 is 5.32 Å². The summed E-state index contributed by atoms with van der Waals surface area (Å²) in [6.45, 7) is 4.90. The zero-order valence-electron chi connectivity index (χ0n) is 16.6. The maximum Gasteiger partial charge on any atom is 0.251 e. The Bertz CT molecular complexity index is 1010. The Hall–Kier alpha value is -3.48. The first-order chi connectivity index (χ1) is 14.2. The molecule has 2 aromatic carbocycles. The number of nitrogens with one attached hydrogen (secondary N) is 1. The van der Waals surface area contributed by atoms with Crippen molar-refractivity contribution >= 4 is 17.6 Å². The van der Waals surface area contributed by atoms with Crippen molar-refractivity contribution in [2.45, 2.75) is 26.3 Å². The lowest BCUT2D eigenvalue weighted by Gasteiger charge is -2.32. The highest BCUT2D eigenvalue weighted by molar-refractivity contribution is 5.89. The Morgan fingerprint density at radius 2 is 1.86 bits per heavy atom. The van der Waals surface area contributed by atoms with Crippen LogP contribution < -0.4 is 10.2 Å². The van der Waals surface area contributed by atoms with E-state index < -0.39 is 0 Å². The number of aromatic nitrogens is 4. The summed E-state index contributed by atoms with van der Waals surface area (Å²) in [5.74, 6) is 0.501. The summed E-state index contributed by atoms with van der Waals surface area (Å²) in [6.07, 6.45) is 3.01. The minimum Gasteiger partial charge on any atom is -0.355 e. The van der Waals surface area contributed by atoms with Crippen molar-refractivity contribution in [3.05, 3.63) is 77.4 Å². The fourth-order valence-corrected chi connectivity index (χ4v) is 3.45. The number of allylic oxidation sites excluding steroid dienone is 1. The van der Waals surface area contributed by atoms with Crippen molar-refractivity contribution < 1.29 is 4.79 Å². The maximum atomic E-state index is 12.5. The summed E-state index contributed by atoms with van der Waals surface area (Å²) >= 11 is 0. The minimum absolute atomic E-state index is 0.0583. The number of benzene rings is 2. The number of carbonyl (C=O) groups is 1. The highest BCUT2D eigenvalue weighted by Crippen LogP contribution is 2.35. The number of rotatable bonds is 6. The van der Waals surface area contributed by atoms with Crippen LogP contribution in [0.5, 0.6) is 0 Å². The molecule has 2 heterocycles. The molecule has 3 aromatic rings. The number of anilines is 1. The highest BCUT2D eigenvalue weighted by atomic mass is 16.2. The van der Waals surface area contributed by atoms with Gasteiger partial charge in [0.15, 0.2) is 0 Å². The molecule has 0 aliphatic carbocycles.